The number of aliphatic hydroxyl groups excluding tert-OH is 1. The molecular formula is C12H17ClO2. The van der Waals surface area contributed by atoms with Gasteiger partial charge in [-0.3, -0.25) is 0 Å². The third-order valence-corrected chi connectivity index (χ3v) is 2.88. The maximum absolute atomic E-state index is 9.43. The lowest BCUT2D eigenvalue weighted by Gasteiger charge is -2.16. The van der Waals surface area contributed by atoms with Gasteiger partial charge in [0.15, 0.2) is 0 Å². The first-order valence-corrected chi connectivity index (χ1v) is 5.35. The van der Waals surface area contributed by atoms with Crippen LogP contribution in [0.1, 0.15) is 23.6 Å². The first-order chi connectivity index (χ1) is 6.97. The highest BCUT2D eigenvalue weighted by atomic mass is 35.5. The second-order valence-corrected chi connectivity index (χ2v) is 4.27. The summed E-state index contributed by atoms with van der Waals surface area (Å²) in [5.74, 6) is 0.831. The van der Waals surface area contributed by atoms with Crippen molar-refractivity contribution in [1.29, 1.82) is 0 Å². The monoisotopic (exact) mass is 228 g/mol. The molecule has 1 atom stereocenters. The Morgan fingerprint density at radius 1 is 1.47 bits per heavy atom. The molecule has 1 rings (SSSR count). The lowest BCUT2D eigenvalue weighted by atomic mass is 9.99. The summed E-state index contributed by atoms with van der Waals surface area (Å²) in [6.45, 7) is 5.66. The average Bonchev–Trinajstić information content (AvgIpc) is 2.13. The second kappa shape index (κ2) is 4.86. The maximum atomic E-state index is 9.43. The lowest BCUT2D eigenvalue weighted by Crippen LogP contribution is -2.08. The summed E-state index contributed by atoms with van der Waals surface area (Å²) in [4.78, 5) is 0. The zero-order chi connectivity index (χ0) is 11.6. The fourth-order valence-electron chi connectivity index (χ4n) is 1.74. The smallest absolute Gasteiger partial charge is 0.125 e. The highest BCUT2D eigenvalue weighted by Crippen LogP contribution is 2.32. The van der Waals surface area contributed by atoms with Gasteiger partial charge in [0.05, 0.1) is 13.2 Å². The Balaban J connectivity index is 3.30. The number of hydrogen-bond acceptors (Lipinski definition) is 2. The molecule has 0 saturated carbocycles. The number of aryl methyl sites for hydroxylation is 1. The standard InChI is InChI=1S/C12H17ClO2/c1-7-5-11(13)9(3)10(6-8(2)14)12(7)15-4/h5,8,14H,6H2,1-4H3. The van der Waals surface area contributed by atoms with Gasteiger partial charge in [0.2, 0.25) is 0 Å². The second-order valence-electron chi connectivity index (χ2n) is 3.87. The molecule has 15 heavy (non-hydrogen) atoms. The van der Waals surface area contributed by atoms with Crippen molar-refractivity contribution in [2.45, 2.75) is 33.3 Å². The Labute approximate surface area is 95.8 Å². The third-order valence-electron chi connectivity index (χ3n) is 2.49. The minimum Gasteiger partial charge on any atom is -0.496 e. The SMILES string of the molecule is COc1c(C)cc(Cl)c(C)c1CC(C)O. The molecule has 84 valence electrons. The van der Waals surface area contributed by atoms with Crippen molar-refractivity contribution in [3.8, 4) is 5.75 Å². The van der Waals surface area contributed by atoms with E-state index in [2.05, 4.69) is 0 Å². The summed E-state index contributed by atoms with van der Waals surface area (Å²) in [5, 5.41) is 10.2. The van der Waals surface area contributed by atoms with Crippen molar-refractivity contribution in [1.82, 2.24) is 0 Å². The van der Waals surface area contributed by atoms with Crippen LogP contribution in [0, 0.1) is 13.8 Å². The van der Waals surface area contributed by atoms with Gasteiger partial charge in [0, 0.05) is 17.0 Å². The van der Waals surface area contributed by atoms with Crippen LogP contribution >= 0.6 is 11.6 Å². The fraction of sp³-hybridized carbons (Fsp3) is 0.500. The molecule has 0 bridgehead atoms. The van der Waals surface area contributed by atoms with E-state index in [1.165, 1.54) is 0 Å². The molecular weight excluding hydrogens is 212 g/mol. The van der Waals surface area contributed by atoms with E-state index in [1.54, 1.807) is 14.0 Å². The molecule has 1 aromatic rings. The third kappa shape index (κ3) is 2.64. The molecule has 1 unspecified atom stereocenters. The molecule has 2 nitrogen and oxygen atoms in total. The Morgan fingerprint density at radius 3 is 2.53 bits per heavy atom. The van der Waals surface area contributed by atoms with Crippen LogP contribution in [-0.4, -0.2) is 18.3 Å². The fourth-order valence-corrected chi connectivity index (χ4v) is 2.02. The van der Waals surface area contributed by atoms with Crippen LogP contribution in [0.3, 0.4) is 0 Å². The van der Waals surface area contributed by atoms with E-state index >= 15 is 0 Å². The number of rotatable bonds is 3. The molecule has 0 fully saturated rings. The first-order valence-electron chi connectivity index (χ1n) is 4.98. The van der Waals surface area contributed by atoms with Crippen LogP contribution in [0.15, 0.2) is 6.07 Å². The summed E-state index contributed by atoms with van der Waals surface area (Å²) in [6.07, 6.45) is 0.173. The Hall–Kier alpha value is -0.730. The predicted octanol–water partition coefficient (Wildman–Crippen LogP) is 2.89. The van der Waals surface area contributed by atoms with Crippen LogP contribution in [0.25, 0.3) is 0 Å². The number of aliphatic hydroxyl groups is 1. The van der Waals surface area contributed by atoms with Crippen molar-refractivity contribution in [3.63, 3.8) is 0 Å². The summed E-state index contributed by atoms with van der Waals surface area (Å²) in [5.41, 5.74) is 2.99. The Kier molecular flexibility index (Phi) is 4.00. The summed E-state index contributed by atoms with van der Waals surface area (Å²) >= 11 is 6.09. The van der Waals surface area contributed by atoms with Crippen LogP contribution in [-0.2, 0) is 6.42 Å². The number of methoxy groups -OCH3 is 1. The van der Waals surface area contributed by atoms with Crippen molar-refractivity contribution >= 4 is 11.6 Å². The van der Waals surface area contributed by atoms with E-state index in [9.17, 15) is 5.11 Å². The van der Waals surface area contributed by atoms with E-state index in [1.807, 2.05) is 19.9 Å². The highest BCUT2D eigenvalue weighted by Gasteiger charge is 2.14. The lowest BCUT2D eigenvalue weighted by molar-refractivity contribution is 0.194. The summed E-state index contributed by atoms with van der Waals surface area (Å²) in [6, 6.07) is 1.89. The van der Waals surface area contributed by atoms with E-state index in [0.717, 1.165) is 27.5 Å². The largest absolute Gasteiger partial charge is 0.496 e. The minimum absolute atomic E-state index is 0.393. The van der Waals surface area contributed by atoms with Crippen molar-refractivity contribution < 1.29 is 9.84 Å². The van der Waals surface area contributed by atoms with E-state index in [4.69, 9.17) is 16.3 Å². The van der Waals surface area contributed by atoms with Crippen LogP contribution in [0.2, 0.25) is 5.02 Å². The van der Waals surface area contributed by atoms with E-state index in [0.29, 0.717) is 6.42 Å². The van der Waals surface area contributed by atoms with E-state index in [-0.39, 0.29) is 0 Å². The molecule has 1 aromatic carbocycles. The molecule has 0 heterocycles. The summed E-state index contributed by atoms with van der Waals surface area (Å²) < 4.78 is 5.34. The summed E-state index contributed by atoms with van der Waals surface area (Å²) in [7, 11) is 1.64. The van der Waals surface area contributed by atoms with Gasteiger partial charge in [-0.15, -0.1) is 0 Å². The molecule has 3 heteroatoms. The molecule has 0 radical (unpaired) electrons. The molecule has 0 aliphatic rings. The van der Waals surface area contributed by atoms with Crippen LogP contribution in [0.5, 0.6) is 5.75 Å². The normalized spacial score (nSPS) is 12.7. The topological polar surface area (TPSA) is 29.5 Å². The van der Waals surface area contributed by atoms with Crippen molar-refractivity contribution in [2.75, 3.05) is 7.11 Å². The zero-order valence-corrected chi connectivity index (χ0v) is 10.4. The Bertz CT molecular complexity index is 359. The van der Waals surface area contributed by atoms with Crippen molar-refractivity contribution in [2.24, 2.45) is 0 Å². The first kappa shape index (κ1) is 12.3. The van der Waals surface area contributed by atoms with Gasteiger partial charge in [0.25, 0.3) is 0 Å². The van der Waals surface area contributed by atoms with Gasteiger partial charge in [-0.05, 0) is 38.0 Å². The van der Waals surface area contributed by atoms with Gasteiger partial charge in [-0.1, -0.05) is 11.6 Å². The molecule has 0 spiro atoms. The number of hydrogen-bond donors (Lipinski definition) is 1. The molecule has 0 amide bonds. The predicted molar refractivity (Wildman–Crippen MR) is 62.9 cm³/mol. The number of benzene rings is 1. The zero-order valence-electron chi connectivity index (χ0n) is 9.60. The quantitative estimate of drug-likeness (QED) is 0.862. The van der Waals surface area contributed by atoms with E-state index < -0.39 is 6.10 Å². The molecule has 0 aliphatic heterocycles. The van der Waals surface area contributed by atoms with Crippen molar-refractivity contribution in [3.05, 3.63) is 27.8 Å². The van der Waals surface area contributed by atoms with Gasteiger partial charge in [0.1, 0.15) is 5.75 Å². The van der Waals surface area contributed by atoms with Gasteiger partial charge in [-0.2, -0.15) is 0 Å². The molecule has 0 saturated heterocycles. The van der Waals surface area contributed by atoms with Crippen LogP contribution in [0.4, 0.5) is 0 Å². The molecule has 1 N–H and O–H groups in total. The highest BCUT2D eigenvalue weighted by molar-refractivity contribution is 6.31. The number of halogens is 1. The Morgan fingerprint density at radius 2 is 2.07 bits per heavy atom. The van der Waals surface area contributed by atoms with Gasteiger partial charge >= 0.3 is 0 Å². The van der Waals surface area contributed by atoms with Gasteiger partial charge in [-0.25, -0.2) is 0 Å². The maximum Gasteiger partial charge on any atom is 0.125 e. The number of ether oxygens (including phenoxy) is 1. The minimum atomic E-state index is -0.393. The molecule has 0 aromatic heterocycles. The van der Waals surface area contributed by atoms with Crippen LogP contribution < -0.4 is 4.74 Å². The molecule has 0 aliphatic carbocycles. The van der Waals surface area contributed by atoms with Gasteiger partial charge < -0.3 is 9.84 Å². The average molecular weight is 229 g/mol.